The number of aryl methyl sites for hydroxylation is 1. The molecule has 6 heteroatoms. The Balaban J connectivity index is 2.08. The molecule has 0 bridgehead atoms. The SMILES string of the molecule is COc1cc(C)ccc1OCc1nnc(N)s1. The Bertz CT molecular complexity index is 513. The van der Waals surface area contributed by atoms with E-state index < -0.39 is 0 Å². The van der Waals surface area contributed by atoms with Crippen molar-refractivity contribution in [2.45, 2.75) is 13.5 Å². The van der Waals surface area contributed by atoms with E-state index in [-0.39, 0.29) is 0 Å². The molecule has 0 radical (unpaired) electrons. The molecule has 0 saturated carbocycles. The summed E-state index contributed by atoms with van der Waals surface area (Å²) in [5, 5.41) is 8.79. The van der Waals surface area contributed by atoms with E-state index in [1.54, 1.807) is 7.11 Å². The Labute approximate surface area is 103 Å². The second-order valence-corrected chi connectivity index (χ2v) is 4.57. The van der Waals surface area contributed by atoms with Crippen molar-refractivity contribution in [3.63, 3.8) is 0 Å². The topological polar surface area (TPSA) is 70.3 Å². The first kappa shape index (κ1) is 11.7. The second-order valence-electron chi connectivity index (χ2n) is 3.48. The molecule has 90 valence electrons. The standard InChI is InChI=1S/C11H13N3O2S/c1-7-3-4-8(9(5-7)15-2)16-6-10-13-14-11(12)17-10/h3-5H,6H2,1-2H3,(H2,12,14). The molecule has 0 saturated heterocycles. The van der Waals surface area contributed by atoms with Gasteiger partial charge in [-0.3, -0.25) is 0 Å². The predicted octanol–water partition coefficient (Wildman–Crippen LogP) is 2.02. The Hall–Kier alpha value is -1.82. The van der Waals surface area contributed by atoms with Gasteiger partial charge in [0.25, 0.3) is 0 Å². The number of methoxy groups -OCH3 is 1. The van der Waals surface area contributed by atoms with Crippen LogP contribution >= 0.6 is 11.3 Å². The van der Waals surface area contributed by atoms with Crippen LogP contribution < -0.4 is 15.2 Å². The van der Waals surface area contributed by atoms with Gasteiger partial charge in [-0.05, 0) is 24.6 Å². The first-order chi connectivity index (χ1) is 8.19. The molecule has 0 aliphatic carbocycles. The minimum Gasteiger partial charge on any atom is -0.493 e. The van der Waals surface area contributed by atoms with Gasteiger partial charge in [0, 0.05) is 0 Å². The number of nitrogens with two attached hydrogens (primary N) is 1. The fraction of sp³-hybridized carbons (Fsp3) is 0.273. The highest BCUT2D eigenvalue weighted by Gasteiger charge is 2.06. The molecule has 0 fully saturated rings. The van der Waals surface area contributed by atoms with Gasteiger partial charge in [-0.1, -0.05) is 17.4 Å². The van der Waals surface area contributed by atoms with E-state index in [2.05, 4.69) is 10.2 Å². The van der Waals surface area contributed by atoms with E-state index in [4.69, 9.17) is 15.2 Å². The number of hydrogen-bond acceptors (Lipinski definition) is 6. The molecular weight excluding hydrogens is 238 g/mol. The molecule has 5 nitrogen and oxygen atoms in total. The van der Waals surface area contributed by atoms with Gasteiger partial charge in [0.15, 0.2) is 16.5 Å². The van der Waals surface area contributed by atoms with Crippen molar-refractivity contribution >= 4 is 16.5 Å². The van der Waals surface area contributed by atoms with Crippen molar-refractivity contribution in [1.82, 2.24) is 10.2 Å². The number of nitrogen functional groups attached to an aromatic ring is 1. The van der Waals surface area contributed by atoms with Gasteiger partial charge < -0.3 is 15.2 Å². The number of aromatic nitrogens is 2. The maximum Gasteiger partial charge on any atom is 0.203 e. The number of ether oxygens (including phenoxy) is 2. The van der Waals surface area contributed by atoms with Gasteiger partial charge in [0.05, 0.1) is 7.11 Å². The summed E-state index contributed by atoms with van der Waals surface area (Å²) in [4.78, 5) is 0. The molecule has 2 N–H and O–H groups in total. The summed E-state index contributed by atoms with van der Waals surface area (Å²) in [6.07, 6.45) is 0. The van der Waals surface area contributed by atoms with Crippen molar-refractivity contribution in [3.05, 3.63) is 28.8 Å². The lowest BCUT2D eigenvalue weighted by atomic mass is 10.2. The van der Waals surface area contributed by atoms with Crippen LogP contribution in [0.25, 0.3) is 0 Å². The number of nitrogens with zero attached hydrogens (tertiary/aromatic N) is 2. The van der Waals surface area contributed by atoms with Gasteiger partial charge in [-0.2, -0.15) is 0 Å². The quantitative estimate of drug-likeness (QED) is 0.900. The van der Waals surface area contributed by atoms with E-state index in [1.807, 2.05) is 25.1 Å². The average molecular weight is 251 g/mol. The first-order valence-corrected chi connectivity index (χ1v) is 5.86. The number of rotatable bonds is 4. The fourth-order valence-corrected chi connectivity index (χ4v) is 1.88. The molecule has 1 aromatic heterocycles. The van der Waals surface area contributed by atoms with Crippen molar-refractivity contribution in [2.24, 2.45) is 0 Å². The highest BCUT2D eigenvalue weighted by molar-refractivity contribution is 7.15. The van der Waals surface area contributed by atoms with Crippen LogP contribution in [0.4, 0.5) is 5.13 Å². The zero-order chi connectivity index (χ0) is 12.3. The van der Waals surface area contributed by atoms with E-state index in [1.165, 1.54) is 11.3 Å². The maximum absolute atomic E-state index is 5.61. The van der Waals surface area contributed by atoms with Crippen LogP contribution in [0.1, 0.15) is 10.6 Å². The van der Waals surface area contributed by atoms with Crippen LogP contribution in [0.15, 0.2) is 18.2 Å². The highest BCUT2D eigenvalue weighted by Crippen LogP contribution is 2.28. The molecule has 0 atom stereocenters. The monoisotopic (exact) mass is 251 g/mol. The van der Waals surface area contributed by atoms with E-state index in [9.17, 15) is 0 Å². The van der Waals surface area contributed by atoms with Crippen molar-refractivity contribution in [2.75, 3.05) is 12.8 Å². The summed E-state index contributed by atoms with van der Waals surface area (Å²) in [6, 6.07) is 5.76. The maximum atomic E-state index is 5.61. The zero-order valence-electron chi connectivity index (χ0n) is 9.64. The molecule has 1 aromatic carbocycles. The third-order valence-corrected chi connectivity index (χ3v) is 2.88. The molecule has 0 unspecified atom stereocenters. The number of anilines is 1. The Morgan fingerprint density at radius 2 is 2.12 bits per heavy atom. The minimum atomic E-state index is 0.342. The Kier molecular flexibility index (Phi) is 3.43. The normalized spacial score (nSPS) is 10.2. The third kappa shape index (κ3) is 2.85. The van der Waals surface area contributed by atoms with Crippen LogP contribution in [-0.4, -0.2) is 17.3 Å². The smallest absolute Gasteiger partial charge is 0.203 e. The van der Waals surface area contributed by atoms with Crippen LogP contribution in [0.2, 0.25) is 0 Å². The van der Waals surface area contributed by atoms with Gasteiger partial charge in [0.2, 0.25) is 5.13 Å². The molecule has 0 amide bonds. The minimum absolute atomic E-state index is 0.342. The molecule has 0 aliphatic rings. The number of benzene rings is 1. The Morgan fingerprint density at radius 3 is 2.76 bits per heavy atom. The van der Waals surface area contributed by atoms with Gasteiger partial charge in [-0.25, -0.2) is 0 Å². The van der Waals surface area contributed by atoms with Crippen LogP contribution in [-0.2, 0) is 6.61 Å². The van der Waals surface area contributed by atoms with Crippen LogP contribution in [0.5, 0.6) is 11.5 Å². The molecular formula is C11H13N3O2S. The lowest BCUT2D eigenvalue weighted by molar-refractivity contribution is 0.283. The molecule has 2 rings (SSSR count). The third-order valence-electron chi connectivity index (χ3n) is 2.15. The molecule has 1 heterocycles. The predicted molar refractivity (Wildman–Crippen MR) is 66.4 cm³/mol. The zero-order valence-corrected chi connectivity index (χ0v) is 10.5. The fourth-order valence-electron chi connectivity index (χ4n) is 1.36. The van der Waals surface area contributed by atoms with Crippen LogP contribution in [0.3, 0.4) is 0 Å². The first-order valence-electron chi connectivity index (χ1n) is 5.04. The van der Waals surface area contributed by atoms with E-state index in [0.717, 1.165) is 10.6 Å². The van der Waals surface area contributed by atoms with Crippen LogP contribution in [0, 0.1) is 6.92 Å². The van der Waals surface area contributed by atoms with Crippen molar-refractivity contribution in [3.8, 4) is 11.5 Å². The van der Waals surface area contributed by atoms with Gasteiger partial charge >= 0.3 is 0 Å². The highest BCUT2D eigenvalue weighted by atomic mass is 32.1. The summed E-state index contributed by atoms with van der Waals surface area (Å²) in [5.74, 6) is 1.40. The molecule has 0 spiro atoms. The lowest BCUT2D eigenvalue weighted by Gasteiger charge is -2.09. The largest absolute Gasteiger partial charge is 0.493 e. The summed E-state index contributed by atoms with van der Waals surface area (Å²) in [5.41, 5.74) is 6.61. The summed E-state index contributed by atoms with van der Waals surface area (Å²) < 4.78 is 10.8. The summed E-state index contributed by atoms with van der Waals surface area (Å²) in [7, 11) is 1.62. The summed E-state index contributed by atoms with van der Waals surface area (Å²) >= 11 is 1.31. The second kappa shape index (κ2) is 5.01. The van der Waals surface area contributed by atoms with Gasteiger partial charge in [0.1, 0.15) is 6.61 Å². The molecule has 0 aliphatic heterocycles. The number of hydrogen-bond donors (Lipinski definition) is 1. The molecule has 17 heavy (non-hydrogen) atoms. The Morgan fingerprint density at radius 1 is 1.29 bits per heavy atom. The average Bonchev–Trinajstić information content (AvgIpc) is 2.73. The van der Waals surface area contributed by atoms with Gasteiger partial charge in [-0.15, -0.1) is 10.2 Å². The molecule has 2 aromatic rings. The summed E-state index contributed by atoms with van der Waals surface area (Å²) in [6.45, 7) is 2.34. The van der Waals surface area contributed by atoms with Crippen molar-refractivity contribution in [1.29, 1.82) is 0 Å². The lowest BCUT2D eigenvalue weighted by Crippen LogP contribution is -1.97. The van der Waals surface area contributed by atoms with Crippen molar-refractivity contribution < 1.29 is 9.47 Å². The van der Waals surface area contributed by atoms with E-state index in [0.29, 0.717) is 23.2 Å². The van der Waals surface area contributed by atoms with E-state index >= 15 is 0 Å².